The summed E-state index contributed by atoms with van der Waals surface area (Å²) in [6.45, 7) is 4.37. The number of amides is 1. The van der Waals surface area contributed by atoms with Crippen molar-refractivity contribution in [2.75, 3.05) is 32.3 Å². The highest BCUT2D eigenvalue weighted by molar-refractivity contribution is 6.51. The summed E-state index contributed by atoms with van der Waals surface area (Å²) in [5, 5.41) is 20.9. The number of para-hydroxylation sites is 1. The third-order valence-electron chi connectivity index (χ3n) is 6.27. The molecule has 1 N–H and O–H groups in total. The molecule has 4 rings (SSSR count). The summed E-state index contributed by atoms with van der Waals surface area (Å²) in [4.78, 5) is 28.4. The number of benzene rings is 3. The fraction of sp³-hybridized carbons (Fsp3) is 0.233. The number of carbonyl (C=O) groups is 2. The zero-order valence-electron chi connectivity index (χ0n) is 22.1. The van der Waals surface area contributed by atoms with Gasteiger partial charge >= 0.3 is 0 Å². The predicted molar refractivity (Wildman–Crippen MR) is 144 cm³/mol. The average molecular weight is 529 g/mol. The SMILES string of the molecule is CCOc1ccc(/C(O)=C2/C(=O)C(=O)N(c3ccc(C#N)cc3)C2c2cccc(OC)c2OC)c(OCC)c1. The first kappa shape index (κ1) is 27.1. The lowest BCUT2D eigenvalue weighted by molar-refractivity contribution is -0.132. The van der Waals surface area contributed by atoms with Crippen molar-refractivity contribution in [1.29, 1.82) is 5.26 Å². The molecule has 0 saturated carbocycles. The number of anilines is 1. The van der Waals surface area contributed by atoms with Crippen molar-refractivity contribution in [3.8, 4) is 29.1 Å². The largest absolute Gasteiger partial charge is 0.507 e. The fourth-order valence-electron chi connectivity index (χ4n) is 4.59. The van der Waals surface area contributed by atoms with Crippen LogP contribution in [0.15, 0.2) is 66.2 Å². The van der Waals surface area contributed by atoms with Gasteiger partial charge in [-0.1, -0.05) is 12.1 Å². The molecule has 39 heavy (non-hydrogen) atoms. The number of aliphatic hydroxyl groups is 1. The average Bonchev–Trinajstić information content (AvgIpc) is 3.22. The van der Waals surface area contributed by atoms with Crippen molar-refractivity contribution in [2.24, 2.45) is 0 Å². The van der Waals surface area contributed by atoms with Crippen LogP contribution < -0.4 is 23.8 Å². The molecule has 1 aliphatic heterocycles. The molecule has 3 aromatic carbocycles. The molecule has 1 fully saturated rings. The van der Waals surface area contributed by atoms with Gasteiger partial charge in [-0.3, -0.25) is 14.5 Å². The van der Waals surface area contributed by atoms with E-state index in [9.17, 15) is 20.0 Å². The number of ether oxygens (including phenoxy) is 4. The topological polar surface area (TPSA) is 118 Å². The van der Waals surface area contributed by atoms with Crippen LogP contribution in [0, 0.1) is 11.3 Å². The van der Waals surface area contributed by atoms with Gasteiger partial charge in [-0.15, -0.1) is 0 Å². The zero-order valence-corrected chi connectivity index (χ0v) is 22.1. The third kappa shape index (κ3) is 4.97. The summed E-state index contributed by atoms with van der Waals surface area (Å²) in [7, 11) is 2.93. The van der Waals surface area contributed by atoms with E-state index in [1.807, 2.05) is 13.0 Å². The van der Waals surface area contributed by atoms with Gasteiger partial charge in [0.05, 0.1) is 56.2 Å². The Labute approximate surface area is 226 Å². The van der Waals surface area contributed by atoms with Crippen LogP contribution >= 0.6 is 0 Å². The minimum absolute atomic E-state index is 0.152. The summed E-state index contributed by atoms with van der Waals surface area (Å²) in [6, 6.07) is 17.2. The van der Waals surface area contributed by atoms with Gasteiger partial charge < -0.3 is 24.1 Å². The number of Topliss-reactive ketones (excluding diaryl/α,β-unsaturated/α-hetero) is 1. The minimum atomic E-state index is -1.08. The van der Waals surface area contributed by atoms with Gasteiger partial charge in [0.15, 0.2) is 11.5 Å². The van der Waals surface area contributed by atoms with Crippen LogP contribution in [0.3, 0.4) is 0 Å². The monoisotopic (exact) mass is 528 g/mol. The first-order valence-electron chi connectivity index (χ1n) is 12.3. The molecule has 9 heteroatoms. The maximum absolute atomic E-state index is 13.6. The first-order chi connectivity index (χ1) is 18.9. The first-order valence-corrected chi connectivity index (χ1v) is 12.3. The van der Waals surface area contributed by atoms with Crippen LogP contribution in [0.4, 0.5) is 5.69 Å². The Hall–Kier alpha value is -4.97. The number of methoxy groups -OCH3 is 2. The summed E-state index contributed by atoms with van der Waals surface area (Å²) >= 11 is 0. The number of hydrogen-bond acceptors (Lipinski definition) is 8. The van der Waals surface area contributed by atoms with E-state index in [2.05, 4.69) is 0 Å². The number of rotatable bonds is 9. The molecular formula is C30H28N2O7. The van der Waals surface area contributed by atoms with E-state index in [4.69, 9.17) is 18.9 Å². The number of nitriles is 1. The highest BCUT2D eigenvalue weighted by atomic mass is 16.5. The van der Waals surface area contributed by atoms with E-state index < -0.39 is 23.5 Å². The fourth-order valence-corrected chi connectivity index (χ4v) is 4.59. The van der Waals surface area contributed by atoms with Gasteiger partial charge in [-0.25, -0.2) is 0 Å². The Kier molecular flexibility index (Phi) is 8.06. The molecule has 1 saturated heterocycles. The van der Waals surface area contributed by atoms with Gasteiger partial charge in [0.1, 0.15) is 17.3 Å². The molecule has 0 bridgehead atoms. The van der Waals surface area contributed by atoms with Crippen LogP contribution in [-0.4, -0.2) is 44.2 Å². The molecule has 1 unspecified atom stereocenters. The van der Waals surface area contributed by atoms with Gasteiger partial charge in [0.25, 0.3) is 11.7 Å². The summed E-state index contributed by atoms with van der Waals surface area (Å²) in [5.74, 6) is -0.637. The van der Waals surface area contributed by atoms with Crippen LogP contribution in [0.2, 0.25) is 0 Å². The molecular weight excluding hydrogens is 500 g/mol. The van der Waals surface area contributed by atoms with Gasteiger partial charge in [0.2, 0.25) is 0 Å². The molecule has 0 aliphatic carbocycles. The summed E-state index contributed by atoms with van der Waals surface area (Å²) < 4.78 is 22.5. The van der Waals surface area contributed by atoms with Crippen LogP contribution in [-0.2, 0) is 9.59 Å². The lowest BCUT2D eigenvalue weighted by Crippen LogP contribution is -2.29. The Morgan fingerprint density at radius 1 is 0.949 bits per heavy atom. The number of carbonyl (C=O) groups excluding carboxylic acids is 2. The number of ketones is 1. The molecule has 200 valence electrons. The van der Waals surface area contributed by atoms with Crippen LogP contribution in [0.1, 0.15) is 36.6 Å². The van der Waals surface area contributed by atoms with Crippen molar-refractivity contribution >= 4 is 23.1 Å². The van der Waals surface area contributed by atoms with E-state index in [1.54, 1.807) is 67.6 Å². The van der Waals surface area contributed by atoms with Gasteiger partial charge in [0, 0.05) is 17.3 Å². The van der Waals surface area contributed by atoms with Crippen LogP contribution in [0.25, 0.3) is 5.76 Å². The highest BCUT2D eigenvalue weighted by Crippen LogP contribution is 2.48. The van der Waals surface area contributed by atoms with Crippen molar-refractivity contribution in [3.05, 3.63) is 82.9 Å². The molecule has 1 aliphatic rings. The lowest BCUT2D eigenvalue weighted by Gasteiger charge is -2.27. The molecule has 1 amide bonds. The standard InChI is InChI=1S/C30H28N2O7/c1-5-38-20-14-15-21(24(16-20)39-6-2)27(33)25-26(22-8-7-9-23(36-3)29(22)37-4)32(30(35)28(25)34)19-12-10-18(17-31)11-13-19/h7-16,26,33H,5-6H2,1-4H3/b27-25-. The molecule has 3 aromatic rings. The highest BCUT2D eigenvalue weighted by Gasteiger charge is 2.48. The molecule has 1 atom stereocenters. The van der Waals surface area contributed by atoms with Crippen molar-refractivity contribution in [1.82, 2.24) is 0 Å². The Bertz CT molecular complexity index is 1470. The van der Waals surface area contributed by atoms with Crippen molar-refractivity contribution < 1.29 is 33.6 Å². The summed E-state index contributed by atoms with van der Waals surface area (Å²) in [5.41, 5.74) is 1.25. The van der Waals surface area contributed by atoms with Crippen LogP contribution in [0.5, 0.6) is 23.0 Å². The smallest absolute Gasteiger partial charge is 0.300 e. The molecule has 0 radical (unpaired) electrons. The van der Waals surface area contributed by atoms with E-state index in [0.717, 1.165) is 0 Å². The van der Waals surface area contributed by atoms with Gasteiger partial charge in [-0.05, 0) is 56.3 Å². The number of nitrogens with zero attached hydrogens (tertiary/aromatic N) is 2. The second-order valence-corrected chi connectivity index (χ2v) is 8.43. The molecule has 1 heterocycles. The molecule has 0 spiro atoms. The third-order valence-corrected chi connectivity index (χ3v) is 6.27. The Morgan fingerprint density at radius 2 is 1.67 bits per heavy atom. The van der Waals surface area contributed by atoms with E-state index in [1.165, 1.54) is 19.1 Å². The second-order valence-electron chi connectivity index (χ2n) is 8.43. The summed E-state index contributed by atoms with van der Waals surface area (Å²) in [6.07, 6.45) is 0. The van der Waals surface area contributed by atoms with E-state index >= 15 is 0 Å². The maximum Gasteiger partial charge on any atom is 0.300 e. The minimum Gasteiger partial charge on any atom is -0.507 e. The normalized spacial score (nSPS) is 16.1. The Morgan fingerprint density at radius 3 is 2.28 bits per heavy atom. The predicted octanol–water partition coefficient (Wildman–Crippen LogP) is 5.00. The van der Waals surface area contributed by atoms with E-state index in [0.29, 0.717) is 53.0 Å². The molecule has 9 nitrogen and oxygen atoms in total. The van der Waals surface area contributed by atoms with Crippen molar-refractivity contribution in [2.45, 2.75) is 19.9 Å². The number of hydrogen-bond donors (Lipinski definition) is 1. The van der Waals surface area contributed by atoms with Gasteiger partial charge in [-0.2, -0.15) is 5.26 Å². The number of aliphatic hydroxyl groups excluding tert-OH is 1. The Balaban J connectivity index is 2.01. The maximum atomic E-state index is 13.6. The lowest BCUT2D eigenvalue weighted by atomic mass is 9.93. The molecule has 0 aromatic heterocycles. The van der Waals surface area contributed by atoms with Crippen molar-refractivity contribution in [3.63, 3.8) is 0 Å². The zero-order chi connectivity index (χ0) is 28.1. The van der Waals surface area contributed by atoms with E-state index in [-0.39, 0.29) is 11.1 Å². The quantitative estimate of drug-likeness (QED) is 0.234. The second kappa shape index (κ2) is 11.6.